The molecule has 2 aromatic carbocycles. The number of alkyl halides is 3. The molecule has 0 fully saturated rings. The molecule has 0 aliphatic rings. The summed E-state index contributed by atoms with van der Waals surface area (Å²) in [6.07, 6.45) is -4.76. The van der Waals surface area contributed by atoms with E-state index in [1.54, 1.807) is 0 Å². The Morgan fingerprint density at radius 1 is 1.04 bits per heavy atom. The van der Waals surface area contributed by atoms with Crippen LogP contribution in [0.4, 0.5) is 30.2 Å². The highest BCUT2D eigenvalue weighted by Crippen LogP contribution is 2.34. The average molecular weight is 399 g/mol. The Morgan fingerprint density at radius 2 is 1.68 bits per heavy atom. The van der Waals surface area contributed by atoms with E-state index in [2.05, 4.69) is 5.32 Å². The molecule has 0 heterocycles. The maximum atomic E-state index is 12.7. The summed E-state index contributed by atoms with van der Waals surface area (Å²) >= 11 is 0. The van der Waals surface area contributed by atoms with Crippen molar-refractivity contribution in [3.63, 3.8) is 0 Å². The van der Waals surface area contributed by atoms with Gasteiger partial charge in [-0.25, -0.2) is 0 Å². The molecule has 0 unspecified atom stereocenters. The fraction of sp³-hybridized carbons (Fsp3) is 0.188. The van der Waals surface area contributed by atoms with E-state index in [0.29, 0.717) is 12.1 Å². The minimum absolute atomic E-state index is 0.140. The normalized spacial score (nSPS) is 11.0. The van der Waals surface area contributed by atoms with Gasteiger partial charge in [-0.2, -0.15) is 13.2 Å². The molecule has 28 heavy (non-hydrogen) atoms. The molecule has 2 aromatic rings. The molecule has 0 bridgehead atoms. The summed E-state index contributed by atoms with van der Waals surface area (Å²) in [5.41, 5.74) is -2.48. The van der Waals surface area contributed by atoms with Gasteiger partial charge in [0.15, 0.2) is 0 Å². The average Bonchev–Trinajstić information content (AvgIpc) is 2.63. The van der Waals surface area contributed by atoms with Gasteiger partial charge < -0.3 is 10.1 Å². The van der Waals surface area contributed by atoms with Crippen LogP contribution in [0.3, 0.4) is 0 Å². The smallest absolute Gasteiger partial charge is 0.416 e. The molecule has 0 amide bonds. The molecule has 148 valence electrons. The van der Waals surface area contributed by atoms with Crippen LogP contribution in [0, 0.1) is 20.2 Å². The van der Waals surface area contributed by atoms with Crippen LogP contribution >= 0.6 is 0 Å². The summed E-state index contributed by atoms with van der Waals surface area (Å²) in [6, 6.07) is 7.38. The Hall–Kier alpha value is -3.70. The van der Waals surface area contributed by atoms with Crippen molar-refractivity contribution in [2.45, 2.75) is 12.8 Å². The van der Waals surface area contributed by atoms with E-state index < -0.39 is 46.4 Å². The van der Waals surface area contributed by atoms with Gasteiger partial charge in [0.2, 0.25) is 0 Å². The SMILES string of the molecule is O=C(CNc1ccc(C(F)(F)F)cc1[N+](=O)[O-])OCc1ccccc1[N+](=O)[O-]. The first kappa shape index (κ1) is 20.6. The number of hydrogen-bond donors (Lipinski definition) is 1. The number of rotatable bonds is 7. The predicted molar refractivity (Wildman–Crippen MR) is 89.5 cm³/mol. The van der Waals surface area contributed by atoms with Crippen molar-refractivity contribution >= 4 is 23.0 Å². The van der Waals surface area contributed by atoms with E-state index >= 15 is 0 Å². The number of para-hydroxylation sites is 1. The quantitative estimate of drug-likeness (QED) is 0.428. The van der Waals surface area contributed by atoms with E-state index in [1.165, 1.54) is 24.3 Å². The van der Waals surface area contributed by atoms with Crippen LogP contribution in [0.25, 0.3) is 0 Å². The minimum Gasteiger partial charge on any atom is -0.459 e. The lowest BCUT2D eigenvalue weighted by molar-refractivity contribution is -0.385. The first-order valence-electron chi connectivity index (χ1n) is 7.57. The van der Waals surface area contributed by atoms with Crippen molar-refractivity contribution in [1.82, 2.24) is 0 Å². The number of carbonyl (C=O) groups excluding carboxylic acids is 1. The van der Waals surface area contributed by atoms with Crippen LogP contribution in [0.15, 0.2) is 42.5 Å². The topological polar surface area (TPSA) is 125 Å². The van der Waals surface area contributed by atoms with Gasteiger partial charge in [-0.1, -0.05) is 12.1 Å². The molecule has 1 N–H and O–H groups in total. The fourth-order valence-corrected chi connectivity index (χ4v) is 2.20. The molecular formula is C16H12F3N3O6. The number of nitro benzene ring substituents is 2. The maximum Gasteiger partial charge on any atom is 0.416 e. The van der Waals surface area contributed by atoms with Gasteiger partial charge in [-0.3, -0.25) is 25.0 Å². The zero-order valence-electron chi connectivity index (χ0n) is 13.9. The van der Waals surface area contributed by atoms with Gasteiger partial charge in [0.05, 0.1) is 21.0 Å². The molecule has 0 aliphatic heterocycles. The predicted octanol–water partition coefficient (Wildman–Crippen LogP) is 3.68. The molecule has 0 spiro atoms. The summed E-state index contributed by atoms with van der Waals surface area (Å²) in [5, 5.41) is 24.2. The standard InChI is InChI=1S/C16H12F3N3O6/c17-16(18,19)11-5-6-12(14(7-11)22(26)27)20-8-15(23)28-9-10-3-1-2-4-13(10)21(24)25/h1-7,20H,8-9H2. The van der Waals surface area contributed by atoms with Gasteiger partial charge in [-0.15, -0.1) is 0 Å². The van der Waals surface area contributed by atoms with Crippen molar-refractivity contribution in [2.75, 3.05) is 11.9 Å². The van der Waals surface area contributed by atoms with Gasteiger partial charge in [0.1, 0.15) is 18.8 Å². The molecule has 0 radical (unpaired) electrons. The molecule has 0 aliphatic carbocycles. The maximum absolute atomic E-state index is 12.7. The number of carbonyl (C=O) groups is 1. The first-order valence-corrected chi connectivity index (χ1v) is 7.57. The van der Waals surface area contributed by atoms with Gasteiger partial charge in [0, 0.05) is 12.1 Å². The molecule has 0 saturated heterocycles. The van der Waals surface area contributed by atoms with Crippen LogP contribution < -0.4 is 5.32 Å². The number of hydrogen-bond acceptors (Lipinski definition) is 7. The Balaban J connectivity index is 2.03. The lowest BCUT2D eigenvalue weighted by Gasteiger charge is -2.10. The molecule has 9 nitrogen and oxygen atoms in total. The number of nitro groups is 2. The largest absolute Gasteiger partial charge is 0.459 e. The lowest BCUT2D eigenvalue weighted by Crippen LogP contribution is -2.18. The van der Waals surface area contributed by atoms with E-state index in [9.17, 15) is 38.2 Å². The number of halogens is 3. The van der Waals surface area contributed by atoms with Crippen molar-refractivity contribution in [2.24, 2.45) is 0 Å². The summed E-state index contributed by atoms with van der Waals surface area (Å²) in [5.74, 6) is -0.910. The number of nitrogens with one attached hydrogen (secondary N) is 1. The highest BCUT2D eigenvalue weighted by atomic mass is 19.4. The van der Waals surface area contributed by atoms with Crippen LogP contribution in [0.5, 0.6) is 0 Å². The summed E-state index contributed by atoms with van der Waals surface area (Å²) < 4.78 is 42.9. The highest BCUT2D eigenvalue weighted by molar-refractivity contribution is 5.77. The third-order valence-corrected chi connectivity index (χ3v) is 3.52. The molecular weight excluding hydrogens is 387 g/mol. The van der Waals surface area contributed by atoms with E-state index in [-0.39, 0.29) is 16.9 Å². The zero-order chi connectivity index (χ0) is 20.9. The first-order chi connectivity index (χ1) is 13.1. The zero-order valence-corrected chi connectivity index (χ0v) is 13.9. The summed E-state index contributed by atoms with van der Waals surface area (Å²) in [7, 11) is 0. The second-order valence-electron chi connectivity index (χ2n) is 5.39. The summed E-state index contributed by atoms with van der Waals surface area (Å²) in [4.78, 5) is 32.0. The third-order valence-electron chi connectivity index (χ3n) is 3.52. The monoisotopic (exact) mass is 399 g/mol. The third kappa shape index (κ3) is 5.16. The van der Waals surface area contributed by atoms with Gasteiger partial charge >= 0.3 is 12.1 Å². The number of ether oxygens (including phenoxy) is 1. The van der Waals surface area contributed by atoms with Crippen molar-refractivity contribution in [3.8, 4) is 0 Å². The van der Waals surface area contributed by atoms with Gasteiger partial charge in [0.25, 0.3) is 11.4 Å². The Morgan fingerprint density at radius 3 is 2.29 bits per heavy atom. The number of esters is 1. The Kier molecular flexibility index (Phi) is 6.13. The Labute approximate surface area is 155 Å². The van der Waals surface area contributed by atoms with Crippen LogP contribution in [-0.4, -0.2) is 22.4 Å². The molecule has 0 atom stereocenters. The second-order valence-corrected chi connectivity index (χ2v) is 5.39. The van der Waals surface area contributed by atoms with Crippen LogP contribution in [-0.2, 0) is 22.3 Å². The van der Waals surface area contributed by atoms with Crippen molar-refractivity contribution in [3.05, 3.63) is 73.8 Å². The van der Waals surface area contributed by atoms with Crippen molar-refractivity contribution < 1.29 is 32.5 Å². The minimum atomic E-state index is -4.76. The fourth-order valence-electron chi connectivity index (χ4n) is 2.20. The highest BCUT2D eigenvalue weighted by Gasteiger charge is 2.33. The molecule has 2 rings (SSSR count). The number of benzene rings is 2. The van der Waals surface area contributed by atoms with Crippen molar-refractivity contribution in [1.29, 1.82) is 0 Å². The summed E-state index contributed by atoms with van der Waals surface area (Å²) in [6.45, 7) is -1.00. The molecule has 12 heteroatoms. The number of anilines is 1. The Bertz CT molecular complexity index is 917. The number of nitrogens with zero attached hydrogens (tertiary/aromatic N) is 2. The van der Waals surface area contributed by atoms with E-state index in [4.69, 9.17) is 4.74 Å². The molecule has 0 saturated carbocycles. The van der Waals surface area contributed by atoms with Crippen LogP contribution in [0.1, 0.15) is 11.1 Å². The van der Waals surface area contributed by atoms with Gasteiger partial charge in [-0.05, 0) is 18.2 Å². The second kappa shape index (κ2) is 8.33. The van der Waals surface area contributed by atoms with Crippen LogP contribution in [0.2, 0.25) is 0 Å². The van der Waals surface area contributed by atoms with E-state index in [0.717, 1.165) is 6.07 Å². The van der Waals surface area contributed by atoms with E-state index in [1.807, 2.05) is 0 Å². The lowest BCUT2D eigenvalue weighted by atomic mass is 10.1. The molecule has 0 aromatic heterocycles.